The van der Waals surface area contributed by atoms with Crippen molar-refractivity contribution in [1.82, 2.24) is 24.7 Å². The first-order valence-electron chi connectivity index (χ1n) is 9.25. The largest absolute Gasteiger partial charge is 0.275 e. The van der Waals surface area contributed by atoms with Gasteiger partial charge in [0.2, 0.25) is 0 Å². The van der Waals surface area contributed by atoms with Crippen molar-refractivity contribution in [2.75, 3.05) is 0 Å². The minimum Gasteiger partial charge on any atom is -0.275 e. The molecule has 4 aromatic heterocycles. The van der Waals surface area contributed by atoms with E-state index in [1.165, 1.54) is 0 Å². The number of halogens is 2. The van der Waals surface area contributed by atoms with Gasteiger partial charge in [-0.15, -0.1) is 0 Å². The van der Waals surface area contributed by atoms with Gasteiger partial charge >= 0.3 is 0 Å². The number of hydrogen-bond acceptors (Lipinski definition) is 4. The molecule has 0 spiro atoms. The molecule has 0 amide bonds. The highest BCUT2D eigenvalue weighted by atomic mass is 35.5. The van der Waals surface area contributed by atoms with Crippen molar-refractivity contribution in [2.24, 2.45) is 7.05 Å². The molecule has 0 radical (unpaired) electrons. The summed E-state index contributed by atoms with van der Waals surface area (Å²) < 4.78 is 1.82. The third kappa shape index (κ3) is 3.32. The van der Waals surface area contributed by atoms with Gasteiger partial charge in [0.15, 0.2) is 0 Å². The minimum absolute atomic E-state index is 0.449. The van der Waals surface area contributed by atoms with Gasteiger partial charge in [-0.1, -0.05) is 23.2 Å². The van der Waals surface area contributed by atoms with Crippen molar-refractivity contribution >= 4 is 34.1 Å². The smallest absolute Gasteiger partial charge is 0.129 e. The van der Waals surface area contributed by atoms with Crippen LogP contribution in [0.25, 0.3) is 44.3 Å². The Labute approximate surface area is 183 Å². The SMILES string of the molecule is Cn1cc2c(-c3ccc(Cl)nc3)c(-c3ccncc3)c(-c3ccc(Cl)nc3)cc2n1. The van der Waals surface area contributed by atoms with E-state index >= 15 is 0 Å². The van der Waals surface area contributed by atoms with E-state index in [0.717, 1.165) is 44.3 Å². The Morgan fingerprint density at radius 1 is 0.767 bits per heavy atom. The fourth-order valence-electron chi connectivity index (χ4n) is 3.69. The van der Waals surface area contributed by atoms with Crippen LogP contribution in [0.4, 0.5) is 0 Å². The van der Waals surface area contributed by atoms with Gasteiger partial charge in [0.05, 0.1) is 5.52 Å². The maximum absolute atomic E-state index is 6.06. The summed E-state index contributed by atoms with van der Waals surface area (Å²) in [5.41, 5.74) is 6.89. The number of rotatable bonds is 3. The fraction of sp³-hybridized carbons (Fsp3) is 0.0435. The summed E-state index contributed by atoms with van der Waals surface area (Å²) in [7, 11) is 1.92. The molecule has 4 heterocycles. The van der Waals surface area contributed by atoms with Gasteiger partial charge in [-0.05, 0) is 59.2 Å². The van der Waals surface area contributed by atoms with Crippen molar-refractivity contribution < 1.29 is 0 Å². The molecule has 0 N–H and O–H groups in total. The molecule has 0 fully saturated rings. The minimum atomic E-state index is 0.449. The number of benzene rings is 1. The second-order valence-corrected chi connectivity index (χ2v) is 7.66. The van der Waals surface area contributed by atoms with E-state index in [4.69, 9.17) is 23.2 Å². The van der Waals surface area contributed by atoms with E-state index in [9.17, 15) is 0 Å². The van der Waals surface area contributed by atoms with Gasteiger partial charge in [-0.3, -0.25) is 9.67 Å². The molecule has 0 aliphatic rings. The van der Waals surface area contributed by atoms with Crippen molar-refractivity contribution in [3.8, 4) is 33.4 Å². The van der Waals surface area contributed by atoms with Gasteiger partial charge in [0, 0.05) is 60.1 Å². The van der Waals surface area contributed by atoms with Gasteiger partial charge in [0.25, 0.3) is 0 Å². The molecular formula is C23H15Cl2N5. The highest BCUT2D eigenvalue weighted by Crippen LogP contribution is 2.44. The average Bonchev–Trinajstić information content (AvgIpc) is 3.14. The number of aromatic nitrogens is 5. The molecule has 0 bridgehead atoms. The molecule has 5 rings (SSSR count). The molecule has 5 aromatic rings. The lowest BCUT2D eigenvalue weighted by Gasteiger charge is -2.17. The summed E-state index contributed by atoms with van der Waals surface area (Å²) in [5.74, 6) is 0. The molecule has 146 valence electrons. The van der Waals surface area contributed by atoms with E-state index in [2.05, 4.69) is 26.1 Å². The van der Waals surface area contributed by atoms with Gasteiger partial charge in [-0.25, -0.2) is 9.97 Å². The summed E-state index contributed by atoms with van der Waals surface area (Å²) in [5, 5.41) is 6.59. The van der Waals surface area contributed by atoms with Crippen LogP contribution in [0.5, 0.6) is 0 Å². The lowest BCUT2D eigenvalue weighted by atomic mass is 9.87. The van der Waals surface area contributed by atoms with Crippen LogP contribution in [0.1, 0.15) is 0 Å². The lowest BCUT2D eigenvalue weighted by molar-refractivity contribution is 0.780. The predicted molar refractivity (Wildman–Crippen MR) is 120 cm³/mol. The Kier molecular flexibility index (Phi) is 4.69. The van der Waals surface area contributed by atoms with Crippen LogP contribution >= 0.6 is 23.2 Å². The van der Waals surface area contributed by atoms with Gasteiger partial charge in [0.1, 0.15) is 10.3 Å². The van der Waals surface area contributed by atoms with Crippen LogP contribution in [0.3, 0.4) is 0 Å². The molecule has 7 heteroatoms. The molecule has 0 atom stereocenters. The predicted octanol–water partition coefficient (Wildman–Crippen LogP) is 6.07. The van der Waals surface area contributed by atoms with Crippen LogP contribution in [-0.2, 0) is 7.05 Å². The maximum atomic E-state index is 6.06. The molecule has 0 saturated heterocycles. The summed E-state index contributed by atoms with van der Waals surface area (Å²) >= 11 is 12.1. The Morgan fingerprint density at radius 3 is 2.07 bits per heavy atom. The van der Waals surface area contributed by atoms with Crippen LogP contribution < -0.4 is 0 Å². The van der Waals surface area contributed by atoms with Crippen LogP contribution in [-0.4, -0.2) is 24.7 Å². The molecule has 30 heavy (non-hydrogen) atoms. The van der Waals surface area contributed by atoms with Crippen LogP contribution in [0.15, 0.2) is 73.4 Å². The maximum Gasteiger partial charge on any atom is 0.129 e. The zero-order valence-electron chi connectivity index (χ0n) is 15.9. The lowest BCUT2D eigenvalue weighted by Crippen LogP contribution is -1.93. The van der Waals surface area contributed by atoms with Crippen LogP contribution in [0.2, 0.25) is 10.3 Å². The van der Waals surface area contributed by atoms with E-state index in [1.54, 1.807) is 36.9 Å². The van der Waals surface area contributed by atoms with E-state index < -0.39 is 0 Å². The van der Waals surface area contributed by atoms with Crippen LogP contribution in [0, 0.1) is 0 Å². The quantitative estimate of drug-likeness (QED) is 0.325. The highest BCUT2D eigenvalue weighted by Gasteiger charge is 2.20. The second-order valence-electron chi connectivity index (χ2n) is 6.88. The van der Waals surface area contributed by atoms with E-state index in [0.29, 0.717) is 10.3 Å². The number of nitrogens with zero attached hydrogens (tertiary/aromatic N) is 5. The summed E-state index contributed by atoms with van der Waals surface area (Å²) in [6.07, 6.45) is 9.17. The third-order valence-electron chi connectivity index (χ3n) is 4.95. The van der Waals surface area contributed by atoms with Gasteiger partial charge < -0.3 is 0 Å². The van der Waals surface area contributed by atoms with E-state index in [1.807, 2.05) is 42.2 Å². The standard InChI is InChI=1S/C23H15Cl2N5/c1-30-13-18-19(29-30)10-17(15-2-4-20(24)27-11-15)22(14-6-8-26-9-7-14)23(18)16-3-5-21(25)28-12-16/h2-13H,1H3. The van der Waals surface area contributed by atoms with E-state index in [-0.39, 0.29) is 0 Å². The summed E-state index contributed by atoms with van der Waals surface area (Å²) in [6, 6.07) is 13.6. The summed E-state index contributed by atoms with van der Waals surface area (Å²) in [6.45, 7) is 0. The number of pyridine rings is 3. The molecule has 0 unspecified atom stereocenters. The fourth-order valence-corrected chi connectivity index (χ4v) is 3.91. The first kappa shape index (κ1) is 18.7. The first-order valence-corrected chi connectivity index (χ1v) is 10.0. The topological polar surface area (TPSA) is 56.5 Å². The zero-order valence-corrected chi connectivity index (χ0v) is 17.4. The van der Waals surface area contributed by atoms with Crippen molar-refractivity contribution in [2.45, 2.75) is 0 Å². The molecule has 5 nitrogen and oxygen atoms in total. The molecular weight excluding hydrogens is 417 g/mol. The Balaban J connectivity index is 1.94. The Bertz CT molecular complexity index is 1350. The first-order chi connectivity index (χ1) is 14.6. The number of aryl methyl sites for hydroxylation is 1. The zero-order chi connectivity index (χ0) is 20.7. The van der Waals surface area contributed by atoms with Crippen molar-refractivity contribution in [3.63, 3.8) is 0 Å². The Hall–Kier alpha value is -3.28. The second kappa shape index (κ2) is 7.52. The van der Waals surface area contributed by atoms with Crippen molar-refractivity contribution in [3.05, 3.63) is 83.8 Å². The molecule has 1 aromatic carbocycles. The molecule has 0 saturated carbocycles. The summed E-state index contributed by atoms with van der Waals surface area (Å²) in [4.78, 5) is 12.8. The average molecular weight is 432 g/mol. The molecule has 0 aliphatic heterocycles. The van der Waals surface area contributed by atoms with Crippen molar-refractivity contribution in [1.29, 1.82) is 0 Å². The number of fused-ring (bicyclic) bond motifs is 1. The normalized spacial score (nSPS) is 11.2. The van der Waals surface area contributed by atoms with Gasteiger partial charge in [-0.2, -0.15) is 5.10 Å². The highest BCUT2D eigenvalue weighted by molar-refractivity contribution is 6.29. The Morgan fingerprint density at radius 2 is 1.43 bits per heavy atom. The third-order valence-corrected chi connectivity index (χ3v) is 5.40. The number of hydrogen-bond donors (Lipinski definition) is 0. The molecule has 0 aliphatic carbocycles. The monoisotopic (exact) mass is 431 g/mol.